The van der Waals surface area contributed by atoms with Crippen LogP contribution < -0.4 is 5.73 Å². The van der Waals surface area contributed by atoms with E-state index in [9.17, 15) is 4.79 Å². The highest BCUT2D eigenvalue weighted by molar-refractivity contribution is 7.18. The molecular formula is C12H9Cl2NOS. The quantitative estimate of drug-likeness (QED) is 0.665. The van der Waals surface area contributed by atoms with Crippen LogP contribution in [0.25, 0.3) is 0 Å². The van der Waals surface area contributed by atoms with Gasteiger partial charge in [-0.3, -0.25) is 4.79 Å². The normalized spacial score (nSPS) is 10.5. The van der Waals surface area contributed by atoms with Crippen LogP contribution in [0.15, 0.2) is 24.3 Å². The average molecular weight is 286 g/mol. The summed E-state index contributed by atoms with van der Waals surface area (Å²) in [6.07, 6.45) is 0. The number of hydrogen-bond acceptors (Lipinski definition) is 3. The van der Waals surface area contributed by atoms with Gasteiger partial charge in [0.2, 0.25) is 5.78 Å². The Labute approximate surface area is 113 Å². The number of rotatable bonds is 2. The monoisotopic (exact) mass is 285 g/mol. The van der Waals surface area contributed by atoms with Gasteiger partial charge in [0, 0.05) is 16.3 Å². The molecule has 0 bridgehead atoms. The zero-order chi connectivity index (χ0) is 12.6. The van der Waals surface area contributed by atoms with Gasteiger partial charge in [-0.25, -0.2) is 0 Å². The minimum atomic E-state index is -0.112. The Hall–Kier alpha value is -1.03. The predicted molar refractivity (Wildman–Crippen MR) is 73.4 cm³/mol. The Morgan fingerprint density at radius 2 is 1.94 bits per heavy atom. The van der Waals surface area contributed by atoms with Crippen molar-refractivity contribution in [2.24, 2.45) is 0 Å². The van der Waals surface area contributed by atoms with E-state index < -0.39 is 0 Å². The molecule has 0 saturated heterocycles. The van der Waals surface area contributed by atoms with Crippen molar-refractivity contribution in [3.05, 3.63) is 49.6 Å². The maximum Gasteiger partial charge on any atom is 0.203 e. The summed E-state index contributed by atoms with van der Waals surface area (Å²) in [4.78, 5) is 12.7. The molecule has 2 N–H and O–H groups in total. The van der Waals surface area contributed by atoms with Crippen LogP contribution in [0.1, 0.15) is 20.8 Å². The van der Waals surface area contributed by atoms with E-state index >= 15 is 0 Å². The number of halogens is 2. The second kappa shape index (κ2) is 4.69. The van der Waals surface area contributed by atoms with Crippen molar-refractivity contribution in [3.63, 3.8) is 0 Å². The molecule has 5 heteroatoms. The molecule has 0 aliphatic carbocycles. The number of thiophene rings is 1. The molecule has 0 aliphatic heterocycles. The lowest BCUT2D eigenvalue weighted by atomic mass is 10.1. The Bertz CT molecular complexity index is 552. The molecular weight excluding hydrogens is 277 g/mol. The second-order valence-corrected chi connectivity index (χ2v) is 5.76. The topological polar surface area (TPSA) is 43.1 Å². The molecule has 17 heavy (non-hydrogen) atoms. The van der Waals surface area contributed by atoms with E-state index in [1.807, 2.05) is 6.92 Å². The van der Waals surface area contributed by atoms with Crippen molar-refractivity contribution < 1.29 is 4.79 Å². The van der Waals surface area contributed by atoms with Crippen LogP contribution in [0.3, 0.4) is 0 Å². The molecule has 0 unspecified atom stereocenters. The Kier molecular flexibility index (Phi) is 3.43. The maximum atomic E-state index is 12.2. The summed E-state index contributed by atoms with van der Waals surface area (Å²) < 4.78 is 0.628. The molecule has 2 aromatic rings. The minimum absolute atomic E-state index is 0.112. The molecule has 1 aromatic heterocycles. The number of aryl methyl sites for hydroxylation is 1. The summed E-state index contributed by atoms with van der Waals surface area (Å²) in [6.45, 7) is 1.86. The molecule has 2 nitrogen and oxygen atoms in total. The van der Waals surface area contributed by atoms with Gasteiger partial charge in [0.1, 0.15) is 0 Å². The highest BCUT2D eigenvalue weighted by atomic mass is 35.5. The van der Waals surface area contributed by atoms with Gasteiger partial charge in [-0.1, -0.05) is 23.2 Å². The number of anilines is 1. The molecule has 0 amide bonds. The fourth-order valence-corrected chi connectivity index (χ4v) is 2.86. The number of benzene rings is 1. The smallest absolute Gasteiger partial charge is 0.203 e. The van der Waals surface area contributed by atoms with E-state index in [-0.39, 0.29) is 5.78 Å². The zero-order valence-corrected chi connectivity index (χ0v) is 11.3. The van der Waals surface area contributed by atoms with Gasteiger partial charge >= 0.3 is 0 Å². The van der Waals surface area contributed by atoms with Crippen LogP contribution >= 0.6 is 34.5 Å². The molecule has 2 rings (SSSR count). The predicted octanol–water partition coefficient (Wildman–Crippen LogP) is 4.18. The minimum Gasteiger partial charge on any atom is -0.399 e. The maximum absolute atomic E-state index is 12.2. The molecule has 0 aliphatic rings. The fraction of sp³-hybridized carbons (Fsp3) is 0.0833. The first-order chi connectivity index (χ1) is 7.97. The lowest BCUT2D eigenvalue weighted by molar-refractivity contribution is 0.104. The van der Waals surface area contributed by atoms with Gasteiger partial charge in [-0.2, -0.15) is 0 Å². The lowest BCUT2D eigenvalue weighted by Crippen LogP contribution is -1.99. The molecule has 0 radical (unpaired) electrons. The highest BCUT2D eigenvalue weighted by Crippen LogP contribution is 2.29. The Morgan fingerprint density at radius 1 is 1.24 bits per heavy atom. The second-order valence-electron chi connectivity index (χ2n) is 3.67. The van der Waals surface area contributed by atoms with Crippen molar-refractivity contribution >= 4 is 46.0 Å². The molecule has 1 aromatic carbocycles. The zero-order valence-electron chi connectivity index (χ0n) is 8.96. The van der Waals surface area contributed by atoms with Crippen LogP contribution in [0, 0.1) is 6.92 Å². The van der Waals surface area contributed by atoms with Crippen molar-refractivity contribution in [3.8, 4) is 0 Å². The van der Waals surface area contributed by atoms with Crippen molar-refractivity contribution in [1.82, 2.24) is 0 Å². The molecule has 0 saturated carbocycles. The van der Waals surface area contributed by atoms with Gasteiger partial charge in [-0.15, -0.1) is 11.3 Å². The summed E-state index contributed by atoms with van der Waals surface area (Å²) in [6, 6.07) is 6.58. The number of hydrogen-bond donors (Lipinski definition) is 1. The van der Waals surface area contributed by atoms with Gasteiger partial charge in [0.25, 0.3) is 0 Å². The highest BCUT2D eigenvalue weighted by Gasteiger charge is 2.14. The third kappa shape index (κ3) is 2.63. The average Bonchev–Trinajstić information content (AvgIpc) is 2.57. The van der Waals surface area contributed by atoms with Gasteiger partial charge in [-0.05, 0) is 36.8 Å². The fourth-order valence-electron chi connectivity index (χ4n) is 1.46. The van der Waals surface area contributed by atoms with Gasteiger partial charge in [0.05, 0.1) is 9.21 Å². The first-order valence-corrected chi connectivity index (χ1v) is 6.41. The first kappa shape index (κ1) is 12.4. The van der Waals surface area contributed by atoms with Crippen LogP contribution in [0.4, 0.5) is 5.69 Å². The van der Waals surface area contributed by atoms with Gasteiger partial charge < -0.3 is 5.73 Å². The molecule has 0 fully saturated rings. The molecule has 88 valence electrons. The summed E-state index contributed by atoms with van der Waals surface area (Å²) in [7, 11) is 0. The van der Waals surface area contributed by atoms with E-state index in [1.165, 1.54) is 11.3 Å². The van der Waals surface area contributed by atoms with E-state index in [1.54, 1.807) is 24.3 Å². The molecule has 0 atom stereocenters. The van der Waals surface area contributed by atoms with Crippen LogP contribution in [-0.4, -0.2) is 5.78 Å². The largest absolute Gasteiger partial charge is 0.399 e. The first-order valence-electron chi connectivity index (χ1n) is 4.84. The Balaban J connectivity index is 2.43. The SMILES string of the molecule is Cc1cc(C(=O)c2cc(N)cc(Cl)c2)sc1Cl. The summed E-state index contributed by atoms with van der Waals surface area (Å²) in [5, 5.41) is 0.452. The number of ketones is 1. The molecule has 1 heterocycles. The third-order valence-corrected chi connectivity index (χ3v) is 4.04. The number of nitrogen functional groups attached to an aromatic ring is 1. The standard InChI is InChI=1S/C12H9Cl2NOS/c1-6-2-10(17-12(6)14)11(16)7-3-8(13)5-9(15)4-7/h2-5H,15H2,1H3. The summed E-state index contributed by atoms with van der Waals surface area (Å²) >= 11 is 13.1. The third-order valence-electron chi connectivity index (χ3n) is 2.26. The lowest BCUT2D eigenvalue weighted by Gasteiger charge is -2.01. The van der Waals surface area contributed by atoms with Crippen molar-refractivity contribution in [1.29, 1.82) is 0 Å². The van der Waals surface area contributed by atoms with Crippen molar-refractivity contribution in [2.75, 3.05) is 5.73 Å². The van der Waals surface area contributed by atoms with Crippen LogP contribution in [-0.2, 0) is 0 Å². The van der Waals surface area contributed by atoms with Crippen LogP contribution in [0.5, 0.6) is 0 Å². The van der Waals surface area contributed by atoms with Crippen molar-refractivity contribution in [2.45, 2.75) is 6.92 Å². The van der Waals surface area contributed by atoms with Gasteiger partial charge in [0.15, 0.2) is 0 Å². The summed E-state index contributed by atoms with van der Waals surface area (Å²) in [5.74, 6) is -0.112. The molecule has 0 spiro atoms. The van der Waals surface area contributed by atoms with Crippen LogP contribution in [0.2, 0.25) is 9.36 Å². The van der Waals surface area contributed by atoms with E-state index in [4.69, 9.17) is 28.9 Å². The number of nitrogens with two attached hydrogens (primary N) is 1. The Morgan fingerprint density at radius 3 is 2.47 bits per heavy atom. The van der Waals surface area contributed by atoms with E-state index in [2.05, 4.69) is 0 Å². The van der Waals surface area contributed by atoms with E-state index in [0.29, 0.717) is 25.5 Å². The summed E-state index contributed by atoms with van der Waals surface area (Å²) in [5.41, 5.74) is 7.50. The number of carbonyl (C=O) groups is 1. The van der Waals surface area contributed by atoms with E-state index in [0.717, 1.165) is 5.56 Å². The number of carbonyl (C=O) groups excluding carboxylic acids is 1.